The number of methoxy groups -OCH3 is 1. The third-order valence-corrected chi connectivity index (χ3v) is 5.01. The number of imidazole rings is 1. The fourth-order valence-electron chi connectivity index (χ4n) is 3.79. The van der Waals surface area contributed by atoms with Gasteiger partial charge in [0.2, 0.25) is 0 Å². The number of rotatable bonds is 4. The first-order valence-electron chi connectivity index (χ1n) is 8.78. The molecule has 2 aromatic carbocycles. The summed E-state index contributed by atoms with van der Waals surface area (Å²) in [5, 5.41) is 3.62. The first-order chi connectivity index (χ1) is 11.9. The maximum absolute atomic E-state index is 5.25. The molecule has 4 nitrogen and oxygen atoms in total. The Hall–Kier alpha value is -2.33. The normalized spacial score (nSPS) is 15.4. The molecule has 0 aliphatic carbocycles. The van der Waals surface area contributed by atoms with Crippen LogP contribution < -0.4 is 5.32 Å². The predicted molar refractivity (Wildman–Crippen MR) is 102 cm³/mol. The Morgan fingerprint density at radius 3 is 2.84 bits per heavy atom. The van der Waals surface area contributed by atoms with Gasteiger partial charge in [0, 0.05) is 24.9 Å². The van der Waals surface area contributed by atoms with Gasteiger partial charge in [0.25, 0.3) is 0 Å². The molecule has 0 amide bonds. The summed E-state index contributed by atoms with van der Waals surface area (Å²) in [5.41, 5.74) is 8.78. The number of nitrogens with zero attached hydrogens (tertiary/aromatic N) is 2. The lowest BCUT2D eigenvalue weighted by atomic mass is 10.0. The van der Waals surface area contributed by atoms with Gasteiger partial charge in [-0.3, -0.25) is 0 Å². The van der Waals surface area contributed by atoms with Crippen LogP contribution in [-0.2, 0) is 24.3 Å². The zero-order valence-corrected chi connectivity index (χ0v) is 15.4. The molecular weight excluding hydrogens is 310 g/mol. The fourth-order valence-corrected chi connectivity index (χ4v) is 3.79. The van der Waals surface area contributed by atoms with Crippen LogP contribution in [0.5, 0.6) is 0 Å². The largest absolute Gasteiger partial charge is 0.380 e. The van der Waals surface area contributed by atoms with Gasteiger partial charge in [0.1, 0.15) is 0 Å². The zero-order valence-electron chi connectivity index (χ0n) is 15.4. The lowest BCUT2D eigenvalue weighted by Crippen LogP contribution is -2.27. The van der Waals surface area contributed by atoms with Crippen molar-refractivity contribution < 1.29 is 4.74 Å². The third-order valence-electron chi connectivity index (χ3n) is 5.01. The van der Waals surface area contributed by atoms with Crippen LogP contribution in [0.3, 0.4) is 0 Å². The van der Waals surface area contributed by atoms with E-state index < -0.39 is 0 Å². The molecule has 0 saturated carbocycles. The quantitative estimate of drug-likeness (QED) is 0.773. The van der Waals surface area contributed by atoms with Crippen molar-refractivity contribution in [3.63, 3.8) is 0 Å². The number of fused-ring (bicyclic) bond motifs is 2. The van der Waals surface area contributed by atoms with Crippen molar-refractivity contribution in [3.05, 3.63) is 58.9 Å². The van der Waals surface area contributed by atoms with E-state index >= 15 is 0 Å². The summed E-state index contributed by atoms with van der Waals surface area (Å²) in [4.78, 5) is 4.62. The van der Waals surface area contributed by atoms with Gasteiger partial charge in [0.15, 0.2) is 0 Å². The number of hydrogen-bond donors (Lipinski definition) is 1. The van der Waals surface area contributed by atoms with Crippen LogP contribution in [0.1, 0.15) is 36.1 Å². The molecule has 1 N–H and O–H groups in total. The number of benzene rings is 2. The highest BCUT2D eigenvalue weighted by atomic mass is 16.5. The number of anilines is 1. The highest BCUT2D eigenvalue weighted by Gasteiger charge is 2.28. The average Bonchev–Trinajstić information content (AvgIpc) is 3.06. The van der Waals surface area contributed by atoms with Gasteiger partial charge in [0.05, 0.1) is 24.0 Å². The molecule has 0 fully saturated rings. The minimum absolute atomic E-state index is 0.125. The van der Waals surface area contributed by atoms with Crippen LogP contribution >= 0.6 is 0 Å². The van der Waals surface area contributed by atoms with Gasteiger partial charge in [-0.1, -0.05) is 18.2 Å². The van der Waals surface area contributed by atoms with Crippen molar-refractivity contribution in [2.45, 2.75) is 45.9 Å². The van der Waals surface area contributed by atoms with Crippen LogP contribution in [0.4, 0.5) is 5.69 Å². The second kappa shape index (κ2) is 5.88. The first kappa shape index (κ1) is 16.2. The van der Waals surface area contributed by atoms with E-state index in [1.807, 2.05) is 6.33 Å². The molecule has 0 spiro atoms. The zero-order chi connectivity index (χ0) is 17.6. The highest BCUT2D eigenvalue weighted by molar-refractivity contribution is 5.83. The molecule has 0 bridgehead atoms. The topological polar surface area (TPSA) is 39.1 Å². The number of aryl methyl sites for hydroxylation is 1. The third kappa shape index (κ3) is 3.02. The smallest absolute Gasteiger partial charge is 0.0961 e. The summed E-state index contributed by atoms with van der Waals surface area (Å²) in [6, 6.07) is 11.1. The molecule has 4 heteroatoms. The van der Waals surface area contributed by atoms with E-state index in [9.17, 15) is 0 Å². The molecule has 0 atom stereocenters. The van der Waals surface area contributed by atoms with Crippen molar-refractivity contribution in [1.29, 1.82) is 0 Å². The van der Waals surface area contributed by atoms with Crippen molar-refractivity contribution >= 4 is 16.7 Å². The first-order valence-corrected chi connectivity index (χ1v) is 8.78. The molecule has 0 saturated heterocycles. The number of ether oxygens (including phenoxy) is 1. The lowest BCUT2D eigenvalue weighted by Gasteiger charge is -2.17. The second-order valence-electron chi connectivity index (χ2n) is 7.75. The molecule has 4 rings (SSSR count). The van der Waals surface area contributed by atoms with E-state index in [0.29, 0.717) is 6.61 Å². The van der Waals surface area contributed by atoms with Crippen LogP contribution in [0, 0.1) is 6.92 Å². The van der Waals surface area contributed by atoms with Crippen LogP contribution in [-0.4, -0.2) is 22.2 Å². The molecule has 3 aromatic rings. The van der Waals surface area contributed by atoms with Crippen molar-refractivity contribution in [2.75, 3.05) is 12.4 Å². The van der Waals surface area contributed by atoms with Gasteiger partial charge in [-0.25, -0.2) is 4.98 Å². The SMILES string of the molecule is COCc1ccc(Cn2cnc3cc4c(cc32)NC(C)(C)C4)cc1C. The second-order valence-corrected chi connectivity index (χ2v) is 7.75. The number of aromatic nitrogens is 2. The highest BCUT2D eigenvalue weighted by Crippen LogP contribution is 2.35. The van der Waals surface area contributed by atoms with Gasteiger partial charge >= 0.3 is 0 Å². The summed E-state index contributed by atoms with van der Waals surface area (Å²) in [7, 11) is 1.73. The van der Waals surface area contributed by atoms with Crippen LogP contribution in [0.25, 0.3) is 11.0 Å². The molecule has 2 heterocycles. The lowest BCUT2D eigenvalue weighted by molar-refractivity contribution is 0.184. The Labute approximate surface area is 148 Å². The predicted octanol–water partition coefficient (Wildman–Crippen LogP) is 4.29. The Morgan fingerprint density at radius 1 is 1.24 bits per heavy atom. The van der Waals surface area contributed by atoms with E-state index in [0.717, 1.165) is 18.5 Å². The standard InChI is InChI=1S/C21H25N3O/c1-14-7-15(5-6-16(14)12-25-4)11-24-13-22-19-8-17-10-21(2,3)23-18(17)9-20(19)24/h5-9,13,23H,10-12H2,1-4H3. The number of nitrogens with one attached hydrogen (secondary N) is 1. The van der Waals surface area contributed by atoms with Gasteiger partial charge in [-0.05, 0) is 61.6 Å². The maximum Gasteiger partial charge on any atom is 0.0961 e. The molecule has 1 aliphatic heterocycles. The van der Waals surface area contributed by atoms with E-state index in [1.165, 1.54) is 33.5 Å². The minimum Gasteiger partial charge on any atom is -0.380 e. The van der Waals surface area contributed by atoms with Crippen molar-refractivity contribution in [1.82, 2.24) is 9.55 Å². The Morgan fingerprint density at radius 2 is 2.08 bits per heavy atom. The summed E-state index contributed by atoms with van der Waals surface area (Å²) < 4.78 is 7.48. The number of hydrogen-bond acceptors (Lipinski definition) is 3. The van der Waals surface area contributed by atoms with Gasteiger partial charge in [-0.2, -0.15) is 0 Å². The average molecular weight is 335 g/mol. The molecule has 0 radical (unpaired) electrons. The van der Waals surface area contributed by atoms with Crippen molar-refractivity contribution in [2.24, 2.45) is 0 Å². The maximum atomic E-state index is 5.25. The van der Waals surface area contributed by atoms with Gasteiger partial charge < -0.3 is 14.6 Å². The van der Waals surface area contributed by atoms with Crippen LogP contribution in [0.2, 0.25) is 0 Å². The molecule has 25 heavy (non-hydrogen) atoms. The summed E-state index contributed by atoms with van der Waals surface area (Å²) in [5.74, 6) is 0. The van der Waals surface area contributed by atoms with E-state index in [1.54, 1.807) is 7.11 Å². The van der Waals surface area contributed by atoms with E-state index in [-0.39, 0.29) is 5.54 Å². The van der Waals surface area contributed by atoms with Gasteiger partial charge in [-0.15, -0.1) is 0 Å². The Balaban J connectivity index is 1.66. The minimum atomic E-state index is 0.125. The Bertz CT molecular complexity index is 940. The van der Waals surface area contributed by atoms with Crippen LogP contribution in [0.15, 0.2) is 36.7 Å². The molecule has 1 aliphatic rings. The molecule has 0 unspecified atom stereocenters. The molecule has 1 aromatic heterocycles. The molecular formula is C21H25N3O. The molecule has 130 valence electrons. The van der Waals surface area contributed by atoms with E-state index in [4.69, 9.17) is 4.74 Å². The summed E-state index contributed by atoms with van der Waals surface area (Å²) in [6.07, 6.45) is 2.99. The summed E-state index contributed by atoms with van der Waals surface area (Å²) in [6.45, 7) is 8.11. The monoisotopic (exact) mass is 335 g/mol. The fraction of sp³-hybridized carbons (Fsp3) is 0.381. The summed E-state index contributed by atoms with van der Waals surface area (Å²) >= 11 is 0. The van der Waals surface area contributed by atoms with E-state index in [2.05, 4.69) is 66.0 Å². The Kier molecular flexibility index (Phi) is 3.80. The van der Waals surface area contributed by atoms with Crippen molar-refractivity contribution in [3.8, 4) is 0 Å².